The average Bonchev–Trinajstić information content (AvgIpc) is 3.43. The van der Waals surface area contributed by atoms with E-state index in [9.17, 15) is 4.79 Å². The van der Waals surface area contributed by atoms with Crippen molar-refractivity contribution in [3.05, 3.63) is 65.8 Å². The van der Waals surface area contributed by atoms with Crippen molar-refractivity contribution >= 4 is 11.6 Å². The fraction of sp³-hybridized carbons (Fsp3) is 0.263. The van der Waals surface area contributed by atoms with E-state index in [1.54, 1.807) is 18.6 Å². The number of carbonyl (C=O) groups excluding carboxylic acids is 1. The maximum Gasteiger partial charge on any atom is 0.274 e. The molecule has 0 radical (unpaired) electrons. The highest BCUT2D eigenvalue weighted by molar-refractivity contribution is 6.02. The van der Waals surface area contributed by atoms with Crippen LogP contribution in [-0.2, 0) is 0 Å². The van der Waals surface area contributed by atoms with Crippen molar-refractivity contribution in [2.45, 2.75) is 32.6 Å². The van der Waals surface area contributed by atoms with Crippen LogP contribution < -0.4 is 5.32 Å². The standard InChI is InChI=1S/C19H19N5O/c1-12-13(2)24(11-21-12)16-7-5-15(6-8-16)22-19(25)17-9-10-20-18(23-17)14-3-4-14/h5-11,14H,3-4H2,1-2H3,(H,22,25). The summed E-state index contributed by atoms with van der Waals surface area (Å²) in [5, 5.41) is 2.89. The van der Waals surface area contributed by atoms with Gasteiger partial charge in [0, 0.05) is 29.2 Å². The average molecular weight is 333 g/mol. The molecule has 0 spiro atoms. The molecular weight excluding hydrogens is 314 g/mol. The number of rotatable bonds is 4. The molecule has 1 aliphatic rings. The Labute approximate surface area is 146 Å². The fourth-order valence-corrected chi connectivity index (χ4v) is 2.70. The van der Waals surface area contributed by atoms with Crippen molar-refractivity contribution in [1.29, 1.82) is 0 Å². The number of anilines is 1. The van der Waals surface area contributed by atoms with Crippen LogP contribution in [0.15, 0.2) is 42.9 Å². The van der Waals surface area contributed by atoms with E-state index in [2.05, 4.69) is 20.3 Å². The number of aromatic nitrogens is 4. The Hall–Kier alpha value is -3.02. The first-order valence-electron chi connectivity index (χ1n) is 8.37. The first-order valence-corrected chi connectivity index (χ1v) is 8.37. The van der Waals surface area contributed by atoms with Crippen LogP contribution in [0.25, 0.3) is 5.69 Å². The molecule has 0 aliphatic heterocycles. The van der Waals surface area contributed by atoms with E-state index < -0.39 is 0 Å². The molecule has 4 rings (SSSR count). The second-order valence-corrected chi connectivity index (χ2v) is 6.36. The van der Waals surface area contributed by atoms with Gasteiger partial charge in [0.15, 0.2) is 0 Å². The lowest BCUT2D eigenvalue weighted by Gasteiger charge is -2.09. The molecule has 6 nitrogen and oxygen atoms in total. The first-order chi connectivity index (χ1) is 12.1. The molecular formula is C19H19N5O. The lowest BCUT2D eigenvalue weighted by molar-refractivity contribution is 0.102. The number of hydrogen-bond acceptors (Lipinski definition) is 4. The summed E-state index contributed by atoms with van der Waals surface area (Å²) in [4.78, 5) is 25.3. The van der Waals surface area contributed by atoms with Gasteiger partial charge >= 0.3 is 0 Å². The highest BCUT2D eigenvalue weighted by Crippen LogP contribution is 2.37. The molecule has 1 aliphatic carbocycles. The molecule has 0 bridgehead atoms. The molecule has 25 heavy (non-hydrogen) atoms. The molecule has 3 aromatic rings. The maximum atomic E-state index is 12.4. The van der Waals surface area contributed by atoms with Gasteiger partial charge in [-0.05, 0) is 57.0 Å². The highest BCUT2D eigenvalue weighted by atomic mass is 16.1. The van der Waals surface area contributed by atoms with E-state index >= 15 is 0 Å². The summed E-state index contributed by atoms with van der Waals surface area (Å²) in [7, 11) is 0. The number of aryl methyl sites for hydroxylation is 1. The number of imidazole rings is 1. The summed E-state index contributed by atoms with van der Waals surface area (Å²) in [6.45, 7) is 4.02. The van der Waals surface area contributed by atoms with E-state index in [0.717, 1.165) is 41.4 Å². The van der Waals surface area contributed by atoms with Crippen LogP contribution in [0.3, 0.4) is 0 Å². The Morgan fingerprint density at radius 2 is 1.88 bits per heavy atom. The Morgan fingerprint density at radius 1 is 1.12 bits per heavy atom. The lowest BCUT2D eigenvalue weighted by atomic mass is 10.2. The summed E-state index contributed by atoms with van der Waals surface area (Å²) < 4.78 is 2.02. The van der Waals surface area contributed by atoms with E-state index in [0.29, 0.717) is 11.6 Å². The topological polar surface area (TPSA) is 72.7 Å². The predicted octanol–water partition coefficient (Wildman–Crippen LogP) is 3.41. The van der Waals surface area contributed by atoms with Gasteiger partial charge in [-0.15, -0.1) is 0 Å². The molecule has 0 unspecified atom stereocenters. The Bertz CT molecular complexity index is 925. The van der Waals surface area contributed by atoms with Crippen molar-refractivity contribution in [3.63, 3.8) is 0 Å². The zero-order valence-electron chi connectivity index (χ0n) is 14.2. The summed E-state index contributed by atoms with van der Waals surface area (Å²) in [6, 6.07) is 9.32. The number of benzene rings is 1. The van der Waals surface area contributed by atoms with Gasteiger partial charge in [0.05, 0.1) is 12.0 Å². The Kier molecular flexibility index (Phi) is 3.80. The van der Waals surface area contributed by atoms with Crippen molar-refractivity contribution in [2.24, 2.45) is 0 Å². The maximum absolute atomic E-state index is 12.4. The first kappa shape index (κ1) is 15.5. The third-order valence-corrected chi connectivity index (χ3v) is 4.50. The van der Waals surface area contributed by atoms with Gasteiger partial charge in [-0.2, -0.15) is 0 Å². The summed E-state index contributed by atoms with van der Waals surface area (Å²) in [5.41, 5.74) is 4.25. The molecule has 1 aromatic carbocycles. The van der Waals surface area contributed by atoms with Crippen LogP contribution in [0.2, 0.25) is 0 Å². The summed E-state index contributed by atoms with van der Waals surface area (Å²) in [5.74, 6) is 0.981. The van der Waals surface area contributed by atoms with Gasteiger partial charge in [-0.25, -0.2) is 15.0 Å². The van der Waals surface area contributed by atoms with E-state index in [-0.39, 0.29) is 5.91 Å². The molecule has 0 atom stereocenters. The molecule has 0 saturated heterocycles. The molecule has 6 heteroatoms. The molecule has 2 heterocycles. The van der Waals surface area contributed by atoms with Crippen molar-refractivity contribution in [2.75, 3.05) is 5.32 Å². The molecule has 1 amide bonds. The van der Waals surface area contributed by atoms with E-state index in [1.165, 1.54) is 0 Å². The van der Waals surface area contributed by atoms with Crippen molar-refractivity contribution in [1.82, 2.24) is 19.5 Å². The molecule has 1 N–H and O–H groups in total. The minimum Gasteiger partial charge on any atom is -0.321 e. The quantitative estimate of drug-likeness (QED) is 0.794. The van der Waals surface area contributed by atoms with Gasteiger partial charge in [0.1, 0.15) is 11.5 Å². The minimum atomic E-state index is -0.216. The van der Waals surface area contributed by atoms with Crippen LogP contribution >= 0.6 is 0 Å². The third kappa shape index (κ3) is 3.15. The van der Waals surface area contributed by atoms with Crippen molar-refractivity contribution < 1.29 is 4.79 Å². The zero-order chi connectivity index (χ0) is 17.4. The van der Waals surface area contributed by atoms with E-state index in [1.807, 2.05) is 42.7 Å². The summed E-state index contributed by atoms with van der Waals surface area (Å²) >= 11 is 0. The Balaban J connectivity index is 1.50. The normalized spacial score (nSPS) is 13.7. The second kappa shape index (κ2) is 6.12. The highest BCUT2D eigenvalue weighted by Gasteiger charge is 2.27. The smallest absolute Gasteiger partial charge is 0.274 e. The van der Waals surface area contributed by atoms with Crippen molar-refractivity contribution in [3.8, 4) is 5.69 Å². The van der Waals surface area contributed by atoms with Crippen LogP contribution in [-0.4, -0.2) is 25.4 Å². The fourth-order valence-electron chi connectivity index (χ4n) is 2.70. The number of amides is 1. The van der Waals surface area contributed by atoms with Gasteiger partial charge < -0.3 is 9.88 Å². The number of nitrogens with zero attached hydrogens (tertiary/aromatic N) is 4. The molecule has 1 fully saturated rings. The van der Waals surface area contributed by atoms with Crippen LogP contribution in [0.1, 0.15) is 46.5 Å². The Morgan fingerprint density at radius 3 is 2.52 bits per heavy atom. The van der Waals surface area contributed by atoms with Gasteiger partial charge in [0.25, 0.3) is 5.91 Å². The van der Waals surface area contributed by atoms with Gasteiger partial charge in [0.2, 0.25) is 0 Å². The van der Waals surface area contributed by atoms with E-state index in [4.69, 9.17) is 0 Å². The van der Waals surface area contributed by atoms with Crippen LogP contribution in [0, 0.1) is 13.8 Å². The molecule has 2 aromatic heterocycles. The van der Waals surface area contributed by atoms with Crippen LogP contribution in [0.5, 0.6) is 0 Å². The summed E-state index contributed by atoms with van der Waals surface area (Å²) in [6.07, 6.45) is 5.68. The third-order valence-electron chi connectivity index (χ3n) is 4.50. The van der Waals surface area contributed by atoms with Gasteiger partial charge in [-0.1, -0.05) is 0 Å². The van der Waals surface area contributed by atoms with Gasteiger partial charge in [-0.3, -0.25) is 4.79 Å². The lowest BCUT2D eigenvalue weighted by Crippen LogP contribution is -2.15. The number of hydrogen-bond donors (Lipinski definition) is 1. The number of nitrogens with one attached hydrogen (secondary N) is 1. The molecule has 126 valence electrons. The SMILES string of the molecule is Cc1ncn(-c2ccc(NC(=O)c3ccnc(C4CC4)n3)cc2)c1C. The molecule has 1 saturated carbocycles. The second-order valence-electron chi connectivity index (χ2n) is 6.36. The minimum absolute atomic E-state index is 0.216. The zero-order valence-corrected chi connectivity index (χ0v) is 14.2. The number of carbonyl (C=O) groups is 1. The monoisotopic (exact) mass is 333 g/mol. The predicted molar refractivity (Wildman–Crippen MR) is 95.0 cm³/mol. The van der Waals surface area contributed by atoms with Crippen LogP contribution in [0.4, 0.5) is 5.69 Å². The largest absolute Gasteiger partial charge is 0.321 e.